The van der Waals surface area contributed by atoms with E-state index >= 15 is 0 Å². The molecule has 0 bridgehead atoms. The monoisotopic (exact) mass is 390 g/mol. The van der Waals surface area contributed by atoms with Crippen molar-refractivity contribution in [3.63, 3.8) is 0 Å². The zero-order valence-corrected chi connectivity index (χ0v) is 18.8. The summed E-state index contributed by atoms with van der Waals surface area (Å²) in [5, 5.41) is 0. The molecule has 0 radical (unpaired) electrons. The van der Waals surface area contributed by atoms with E-state index in [2.05, 4.69) is 52.0 Å². The molecule has 0 nitrogen and oxygen atoms in total. The van der Waals surface area contributed by atoms with Gasteiger partial charge in [-0.1, -0.05) is 66.2 Å². The first-order valence-corrected chi connectivity index (χ1v) is 8.22. The molecule has 0 spiro atoms. The third kappa shape index (κ3) is 11.1. The van der Waals surface area contributed by atoms with Crippen molar-refractivity contribution in [1.29, 1.82) is 0 Å². The van der Waals surface area contributed by atoms with Gasteiger partial charge in [-0.2, -0.15) is 23.3 Å². The maximum atomic E-state index is 3.30. The van der Waals surface area contributed by atoms with Crippen molar-refractivity contribution >= 4 is 0 Å². The summed E-state index contributed by atoms with van der Waals surface area (Å²) in [6.45, 7) is 8.79. The van der Waals surface area contributed by atoms with Crippen LogP contribution < -0.4 is 0 Å². The predicted octanol–water partition coefficient (Wildman–Crippen LogP) is 7.41. The zero-order valence-electron chi connectivity index (χ0n) is 16.3. The Morgan fingerprint density at radius 3 is 1.35 bits per heavy atom. The Kier molecular flexibility index (Phi) is 20.1. The molecular formula is C22H36Zr. The maximum Gasteiger partial charge on any atom is 4.00 e. The first-order valence-electron chi connectivity index (χ1n) is 8.22. The molecule has 1 heteroatoms. The van der Waals surface area contributed by atoms with Crippen LogP contribution >= 0.6 is 0 Å². The first-order chi connectivity index (χ1) is 9.69. The van der Waals surface area contributed by atoms with Gasteiger partial charge in [0.15, 0.2) is 0 Å². The Bertz CT molecular complexity index is 368. The van der Waals surface area contributed by atoms with Gasteiger partial charge in [0.1, 0.15) is 0 Å². The minimum atomic E-state index is 0. The van der Waals surface area contributed by atoms with Crippen LogP contribution in [0.15, 0.2) is 34.4 Å². The van der Waals surface area contributed by atoms with Gasteiger partial charge >= 0.3 is 26.2 Å². The van der Waals surface area contributed by atoms with Gasteiger partial charge in [-0.15, -0.1) is 12.8 Å². The van der Waals surface area contributed by atoms with Crippen LogP contribution in [-0.2, 0) is 26.2 Å². The quantitative estimate of drug-likeness (QED) is 0.413. The molecule has 2 aliphatic carbocycles. The van der Waals surface area contributed by atoms with Crippen LogP contribution in [0.2, 0.25) is 0 Å². The van der Waals surface area contributed by atoms with Crippen LogP contribution in [0.25, 0.3) is 0 Å². The Labute approximate surface area is 166 Å². The van der Waals surface area contributed by atoms with E-state index < -0.39 is 0 Å². The summed E-state index contributed by atoms with van der Waals surface area (Å²) in [5.74, 6) is 0. The summed E-state index contributed by atoms with van der Waals surface area (Å²) < 4.78 is 0. The molecule has 0 aromatic rings. The van der Waals surface area contributed by atoms with Gasteiger partial charge < -0.3 is 14.9 Å². The molecule has 0 saturated carbocycles. The van der Waals surface area contributed by atoms with Crippen molar-refractivity contribution in [3.8, 4) is 0 Å². The molecule has 2 aliphatic rings. The first kappa shape index (κ1) is 27.7. The van der Waals surface area contributed by atoms with Crippen molar-refractivity contribution in [2.45, 2.75) is 79.1 Å². The molecule has 0 aromatic heterocycles. The van der Waals surface area contributed by atoms with E-state index in [1.54, 1.807) is 0 Å². The van der Waals surface area contributed by atoms with Gasteiger partial charge in [0.25, 0.3) is 0 Å². The Balaban J connectivity index is -0.000000308. The topological polar surface area (TPSA) is 0 Å². The normalized spacial score (nSPS) is 14.8. The summed E-state index contributed by atoms with van der Waals surface area (Å²) in [5.41, 5.74) is 5.82. The molecule has 0 N–H and O–H groups in total. The number of allylic oxidation sites excluding steroid dienone is 8. The molecule has 0 fully saturated rings. The van der Waals surface area contributed by atoms with Crippen LogP contribution in [-0.4, -0.2) is 0 Å². The predicted molar refractivity (Wildman–Crippen MR) is 102 cm³/mol. The minimum absolute atomic E-state index is 0. The molecular weight excluding hydrogens is 355 g/mol. The third-order valence-electron chi connectivity index (χ3n) is 3.99. The average molecular weight is 392 g/mol. The molecule has 128 valence electrons. The van der Waals surface area contributed by atoms with Gasteiger partial charge in [0.2, 0.25) is 0 Å². The van der Waals surface area contributed by atoms with Crippen molar-refractivity contribution in [2.24, 2.45) is 0 Å². The third-order valence-corrected chi connectivity index (χ3v) is 3.99. The largest absolute Gasteiger partial charge is 4.00 e. The summed E-state index contributed by atoms with van der Waals surface area (Å²) in [4.78, 5) is 0. The summed E-state index contributed by atoms with van der Waals surface area (Å²) >= 11 is 0. The molecule has 0 amide bonds. The molecule has 0 heterocycles. The molecule has 0 aromatic carbocycles. The number of hydrogen-bond acceptors (Lipinski definition) is 0. The van der Waals surface area contributed by atoms with Crippen LogP contribution in [0.1, 0.15) is 79.1 Å². The van der Waals surface area contributed by atoms with Crippen molar-refractivity contribution in [1.82, 2.24) is 0 Å². The van der Waals surface area contributed by atoms with E-state index in [4.69, 9.17) is 0 Å². The van der Waals surface area contributed by atoms with Crippen molar-refractivity contribution < 1.29 is 26.2 Å². The summed E-state index contributed by atoms with van der Waals surface area (Å²) in [7, 11) is 0. The van der Waals surface area contributed by atoms with E-state index in [-0.39, 0.29) is 41.1 Å². The molecule has 0 unspecified atom stereocenters. The second-order valence-electron chi connectivity index (χ2n) is 5.68. The van der Waals surface area contributed by atoms with Crippen LogP contribution in [0.3, 0.4) is 0 Å². The van der Waals surface area contributed by atoms with Gasteiger partial charge in [-0.3, -0.25) is 12.2 Å². The Morgan fingerprint density at radius 1 is 0.783 bits per heavy atom. The fourth-order valence-electron chi connectivity index (χ4n) is 2.50. The van der Waals surface area contributed by atoms with E-state index in [9.17, 15) is 0 Å². The SMILES string of the molecule is CCCCC1=CC[C-]=C1C.CCCCC1=CC[C-]=C1C.[CH3-].[CH3-].[Zr+4]. The molecule has 23 heavy (non-hydrogen) atoms. The molecule has 0 saturated heterocycles. The van der Waals surface area contributed by atoms with E-state index in [0.29, 0.717) is 0 Å². The minimum Gasteiger partial charge on any atom is -0.358 e. The van der Waals surface area contributed by atoms with E-state index in [1.165, 1.54) is 60.8 Å². The fourth-order valence-corrected chi connectivity index (χ4v) is 2.50. The fraction of sp³-hybridized carbons (Fsp3) is 0.545. The average Bonchev–Trinajstić information content (AvgIpc) is 3.04. The number of unbranched alkanes of at least 4 members (excludes halogenated alkanes) is 2. The molecule has 2 rings (SSSR count). The molecule has 0 atom stereocenters. The van der Waals surface area contributed by atoms with Gasteiger partial charge in [-0.25, -0.2) is 11.1 Å². The van der Waals surface area contributed by atoms with Crippen LogP contribution in [0.5, 0.6) is 0 Å². The maximum absolute atomic E-state index is 3.30. The van der Waals surface area contributed by atoms with E-state index in [1.807, 2.05) is 0 Å². The number of rotatable bonds is 6. The second-order valence-corrected chi connectivity index (χ2v) is 5.68. The number of hydrogen-bond donors (Lipinski definition) is 0. The smallest absolute Gasteiger partial charge is 0.358 e. The van der Waals surface area contributed by atoms with Crippen LogP contribution in [0.4, 0.5) is 0 Å². The second kappa shape index (κ2) is 16.7. The molecule has 0 aliphatic heterocycles. The van der Waals surface area contributed by atoms with Crippen molar-refractivity contribution in [3.05, 3.63) is 61.4 Å². The van der Waals surface area contributed by atoms with Crippen molar-refractivity contribution in [2.75, 3.05) is 0 Å². The van der Waals surface area contributed by atoms with Gasteiger partial charge in [0.05, 0.1) is 0 Å². The van der Waals surface area contributed by atoms with Gasteiger partial charge in [-0.05, 0) is 0 Å². The zero-order chi connectivity index (χ0) is 14.8. The Hall–Kier alpha value is -0.157. The summed E-state index contributed by atoms with van der Waals surface area (Å²) in [6.07, 6.45) is 21.1. The Morgan fingerprint density at radius 2 is 1.13 bits per heavy atom. The standard InChI is InChI=1S/2C10H15.2CH3.Zr/c2*1-3-4-7-10-8-5-6-9(10)2;;;/h2*8H,3-5,7H2,1-2H3;2*1H3;/q4*-1;+4. The van der Waals surface area contributed by atoms with Crippen LogP contribution in [0, 0.1) is 27.0 Å². The summed E-state index contributed by atoms with van der Waals surface area (Å²) in [6, 6.07) is 0. The van der Waals surface area contributed by atoms with Gasteiger partial charge in [0, 0.05) is 0 Å². The van der Waals surface area contributed by atoms with E-state index in [0.717, 1.165) is 12.8 Å².